The van der Waals surface area contributed by atoms with Crippen LogP contribution in [-0.4, -0.2) is 40.3 Å². The molecule has 1 saturated heterocycles. The third kappa shape index (κ3) is 2.90. The molecule has 3 rings (SSSR count). The van der Waals surface area contributed by atoms with Crippen LogP contribution in [0.5, 0.6) is 0 Å². The van der Waals surface area contributed by atoms with E-state index in [0.717, 1.165) is 37.9 Å². The summed E-state index contributed by atoms with van der Waals surface area (Å²) in [6.07, 6.45) is 4.94. The second-order valence-electron chi connectivity index (χ2n) is 6.48. The molecule has 110 valence electrons. The van der Waals surface area contributed by atoms with Crippen molar-refractivity contribution >= 4 is 0 Å². The van der Waals surface area contributed by atoms with Crippen LogP contribution in [0.25, 0.3) is 0 Å². The first kappa shape index (κ1) is 14.1. The summed E-state index contributed by atoms with van der Waals surface area (Å²) in [6, 6.07) is 9.86. The van der Waals surface area contributed by atoms with Gasteiger partial charge >= 0.3 is 0 Å². The molecule has 0 bridgehead atoms. The minimum absolute atomic E-state index is 0.396. The van der Waals surface area contributed by atoms with Crippen molar-refractivity contribution in [3.05, 3.63) is 35.9 Å². The molecule has 1 aromatic rings. The highest BCUT2D eigenvalue weighted by atomic mass is 16.3. The number of benzene rings is 1. The van der Waals surface area contributed by atoms with E-state index in [0.29, 0.717) is 12.5 Å². The Morgan fingerprint density at radius 2 is 2.00 bits per heavy atom. The molecule has 2 fully saturated rings. The zero-order valence-corrected chi connectivity index (χ0v) is 12.0. The zero-order valence-electron chi connectivity index (χ0n) is 12.0. The smallest absolute Gasteiger partial charge is 0.0916 e. The Balaban J connectivity index is 1.60. The van der Waals surface area contributed by atoms with Crippen LogP contribution in [0, 0.1) is 5.92 Å². The molecule has 20 heavy (non-hydrogen) atoms. The molecule has 0 aromatic heterocycles. The van der Waals surface area contributed by atoms with E-state index in [1.54, 1.807) is 0 Å². The predicted molar refractivity (Wildman–Crippen MR) is 79.4 cm³/mol. The second-order valence-corrected chi connectivity index (χ2v) is 6.48. The van der Waals surface area contributed by atoms with Gasteiger partial charge < -0.3 is 10.2 Å². The van der Waals surface area contributed by atoms with Gasteiger partial charge in [-0.3, -0.25) is 4.90 Å². The number of hydrogen-bond acceptors (Lipinski definition) is 3. The van der Waals surface area contributed by atoms with E-state index in [9.17, 15) is 10.2 Å². The fraction of sp³-hybridized carbons (Fsp3) is 0.647. The Kier molecular flexibility index (Phi) is 4.11. The molecular weight excluding hydrogens is 250 g/mol. The summed E-state index contributed by atoms with van der Waals surface area (Å²) in [6.45, 7) is 2.51. The third-order valence-electron chi connectivity index (χ3n) is 5.13. The Morgan fingerprint density at radius 3 is 2.80 bits per heavy atom. The summed E-state index contributed by atoms with van der Waals surface area (Å²) < 4.78 is 0. The lowest BCUT2D eigenvalue weighted by Gasteiger charge is -2.47. The van der Waals surface area contributed by atoms with Gasteiger partial charge in [0.25, 0.3) is 0 Å². The van der Waals surface area contributed by atoms with E-state index < -0.39 is 11.7 Å². The van der Waals surface area contributed by atoms with Crippen molar-refractivity contribution in [1.29, 1.82) is 0 Å². The van der Waals surface area contributed by atoms with Crippen molar-refractivity contribution in [2.45, 2.75) is 43.8 Å². The highest BCUT2D eigenvalue weighted by molar-refractivity contribution is 5.17. The van der Waals surface area contributed by atoms with Gasteiger partial charge in [0.05, 0.1) is 11.7 Å². The van der Waals surface area contributed by atoms with Crippen molar-refractivity contribution in [2.75, 3.05) is 19.6 Å². The first-order valence-electron chi connectivity index (χ1n) is 7.85. The highest BCUT2D eigenvalue weighted by Gasteiger charge is 2.42. The van der Waals surface area contributed by atoms with Gasteiger partial charge in [-0.1, -0.05) is 43.2 Å². The van der Waals surface area contributed by atoms with Crippen LogP contribution < -0.4 is 0 Å². The van der Waals surface area contributed by atoms with E-state index in [2.05, 4.69) is 4.90 Å². The topological polar surface area (TPSA) is 43.7 Å². The summed E-state index contributed by atoms with van der Waals surface area (Å²) in [5, 5.41) is 21.0. The maximum Gasteiger partial charge on any atom is 0.0916 e. The number of hydrogen-bond donors (Lipinski definition) is 2. The van der Waals surface area contributed by atoms with Gasteiger partial charge in [0.15, 0.2) is 0 Å². The van der Waals surface area contributed by atoms with Gasteiger partial charge in [0.1, 0.15) is 0 Å². The standard InChI is InChI=1S/C17H25NO2/c19-16(14-6-2-1-3-7-14)13-18-11-10-17(20)9-5-4-8-15(17)12-18/h1-3,6-7,15-16,19-20H,4-5,8-13H2. The Morgan fingerprint density at radius 1 is 1.20 bits per heavy atom. The van der Waals surface area contributed by atoms with Gasteiger partial charge in [-0.05, 0) is 24.8 Å². The molecule has 3 unspecified atom stereocenters. The van der Waals surface area contributed by atoms with Crippen molar-refractivity contribution in [3.63, 3.8) is 0 Å². The molecule has 1 aliphatic heterocycles. The van der Waals surface area contributed by atoms with Crippen LogP contribution in [0.1, 0.15) is 43.8 Å². The number of fused-ring (bicyclic) bond motifs is 1. The summed E-state index contributed by atoms with van der Waals surface area (Å²) in [7, 11) is 0. The van der Waals surface area contributed by atoms with Crippen LogP contribution in [0.15, 0.2) is 30.3 Å². The maximum atomic E-state index is 10.7. The summed E-state index contributed by atoms with van der Waals surface area (Å²) in [4.78, 5) is 2.32. The average Bonchev–Trinajstić information content (AvgIpc) is 2.48. The van der Waals surface area contributed by atoms with Crippen molar-refractivity contribution in [2.24, 2.45) is 5.92 Å². The SMILES string of the molecule is OC(CN1CCC2(O)CCCCC2C1)c1ccccc1. The van der Waals surface area contributed by atoms with E-state index in [1.807, 2.05) is 30.3 Å². The fourth-order valence-electron chi connectivity index (χ4n) is 3.83. The Labute approximate surface area is 121 Å². The molecule has 2 N–H and O–H groups in total. The monoisotopic (exact) mass is 275 g/mol. The first-order chi connectivity index (χ1) is 9.67. The molecule has 1 saturated carbocycles. The molecular formula is C17H25NO2. The second kappa shape index (κ2) is 5.84. The minimum atomic E-state index is -0.425. The van der Waals surface area contributed by atoms with Crippen LogP contribution in [-0.2, 0) is 0 Å². The number of aliphatic hydroxyl groups is 2. The Bertz CT molecular complexity index is 436. The summed E-state index contributed by atoms with van der Waals surface area (Å²) in [5.74, 6) is 0.396. The van der Waals surface area contributed by atoms with Crippen LogP contribution in [0.3, 0.4) is 0 Å². The largest absolute Gasteiger partial charge is 0.390 e. The lowest BCUT2D eigenvalue weighted by atomic mass is 9.71. The molecule has 1 aliphatic carbocycles. The molecule has 3 heteroatoms. The van der Waals surface area contributed by atoms with Crippen LogP contribution in [0.2, 0.25) is 0 Å². The lowest BCUT2D eigenvalue weighted by molar-refractivity contribution is -0.0999. The quantitative estimate of drug-likeness (QED) is 0.890. The molecule has 3 nitrogen and oxygen atoms in total. The molecule has 0 radical (unpaired) electrons. The normalized spacial score (nSPS) is 32.6. The van der Waals surface area contributed by atoms with Crippen molar-refractivity contribution < 1.29 is 10.2 Å². The number of likely N-dealkylation sites (tertiary alicyclic amines) is 1. The number of nitrogens with zero attached hydrogens (tertiary/aromatic N) is 1. The molecule has 3 atom stereocenters. The molecule has 1 aromatic carbocycles. The number of aliphatic hydroxyl groups excluding tert-OH is 1. The highest BCUT2D eigenvalue weighted by Crippen LogP contribution is 2.40. The first-order valence-corrected chi connectivity index (χ1v) is 7.85. The molecule has 1 heterocycles. The number of rotatable bonds is 3. The van der Waals surface area contributed by atoms with Gasteiger partial charge in [-0.2, -0.15) is 0 Å². The number of piperidine rings is 1. The molecule has 0 amide bonds. The number of β-amino-alcohol motifs (C(OH)–C–C–N with tert-alkyl or cyclic N) is 1. The Hall–Kier alpha value is -0.900. The van der Waals surface area contributed by atoms with Crippen LogP contribution >= 0.6 is 0 Å². The fourth-order valence-corrected chi connectivity index (χ4v) is 3.83. The van der Waals surface area contributed by atoms with E-state index in [-0.39, 0.29) is 0 Å². The zero-order chi connectivity index (χ0) is 14.0. The van der Waals surface area contributed by atoms with E-state index >= 15 is 0 Å². The van der Waals surface area contributed by atoms with Gasteiger partial charge in [0.2, 0.25) is 0 Å². The molecule has 2 aliphatic rings. The van der Waals surface area contributed by atoms with E-state index in [1.165, 1.54) is 12.8 Å². The van der Waals surface area contributed by atoms with Crippen molar-refractivity contribution in [3.8, 4) is 0 Å². The maximum absolute atomic E-state index is 10.7. The lowest BCUT2D eigenvalue weighted by Crippen LogP contribution is -2.53. The average molecular weight is 275 g/mol. The summed E-state index contributed by atoms with van der Waals surface area (Å²) >= 11 is 0. The predicted octanol–water partition coefficient (Wildman–Crippen LogP) is 2.35. The van der Waals surface area contributed by atoms with Gasteiger partial charge in [-0.25, -0.2) is 0 Å². The van der Waals surface area contributed by atoms with E-state index in [4.69, 9.17) is 0 Å². The van der Waals surface area contributed by atoms with Crippen LogP contribution in [0.4, 0.5) is 0 Å². The third-order valence-corrected chi connectivity index (χ3v) is 5.13. The molecule has 0 spiro atoms. The summed E-state index contributed by atoms with van der Waals surface area (Å²) in [5.41, 5.74) is 0.559. The van der Waals surface area contributed by atoms with Crippen molar-refractivity contribution in [1.82, 2.24) is 4.90 Å². The minimum Gasteiger partial charge on any atom is -0.390 e. The van der Waals surface area contributed by atoms with Gasteiger partial charge in [-0.15, -0.1) is 0 Å². The van der Waals surface area contributed by atoms with Gasteiger partial charge in [0, 0.05) is 25.6 Å².